The summed E-state index contributed by atoms with van der Waals surface area (Å²) >= 11 is 0. The molecule has 0 atom stereocenters. The standard InChI is InChI=1S/C50H42O/c1-27-29(3)33(7)46-44(31(27)5)48(35-15-10-9-11-16-35)45-32(6)28(2)30(4)34(8)47(45)49(46)39-24-22-36-25-38(23-21-37(36)26-39)40-18-14-20-43-50(40)41-17-12-13-19-42(41)51-43/h9-26H,1-8H3. The Labute approximate surface area is 300 Å². The molecule has 0 spiro atoms. The fraction of sp³-hybridized carbons (Fsp3) is 0.160. The lowest BCUT2D eigenvalue weighted by atomic mass is 9.76. The highest BCUT2D eigenvalue weighted by Crippen LogP contribution is 2.51. The number of aryl methyl sites for hydroxylation is 4. The summed E-state index contributed by atoms with van der Waals surface area (Å²) in [5.41, 5.74) is 20.5. The van der Waals surface area contributed by atoms with E-state index in [1.165, 1.54) is 116 Å². The first kappa shape index (κ1) is 31.3. The third kappa shape index (κ3) is 4.47. The first-order chi connectivity index (χ1) is 24.7. The van der Waals surface area contributed by atoms with Crippen LogP contribution in [0.1, 0.15) is 44.5 Å². The van der Waals surface area contributed by atoms with Gasteiger partial charge in [0.25, 0.3) is 0 Å². The minimum Gasteiger partial charge on any atom is -0.456 e. The predicted molar refractivity (Wildman–Crippen MR) is 220 cm³/mol. The maximum Gasteiger partial charge on any atom is 0.136 e. The van der Waals surface area contributed by atoms with E-state index in [1.54, 1.807) is 0 Å². The summed E-state index contributed by atoms with van der Waals surface area (Å²) in [6, 6.07) is 39.9. The van der Waals surface area contributed by atoms with E-state index in [0.717, 1.165) is 16.6 Å². The van der Waals surface area contributed by atoms with Gasteiger partial charge in [-0.1, -0.05) is 84.9 Å². The van der Waals surface area contributed by atoms with Gasteiger partial charge in [-0.05, 0) is 190 Å². The molecule has 1 nitrogen and oxygen atoms in total. The molecule has 51 heavy (non-hydrogen) atoms. The summed E-state index contributed by atoms with van der Waals surface area (Å²) in [6.45, 7) is 18.6. The zero-order valence-corrected chi connectivity index (χ0v) is 30.8. The SMILES string of the molecule is Cc1c(C)c(C)c2c(-c3ccc4cc(-c5cccc6oc7ccccc7c56)ccc4c3)c3c(C)c(C)c(C)c(C)c3c(-c3ccccc3)c2c1C. The Morgan fingerprint density at radius 3 is 1.39 bits per heavy atom. The number of hydrogen-bond donors (Lipinski definition) is 0. The van der Waals surface area contributed by atoms with Crippen molar-refractivity contribution in [3.05, 3.63) is 154 Å². The average molecular weight is 659 g/mol. The number of fused-ring (bicyclic) bond motifs is 6. The molecular weight excluding hydrogens is 617 g/mol. The van der Waals surface area contributed by atoms with Crippen LogP contribution in [0.3, 0.4) is 0 Å². The van der Waals surface area contributed by atoms with Gasteiger partial charge < -0.3 is 4.42 Å². The third-order valence-corrected chi connectivity index (χ3v) is 12.3. The lowest BCUT2D eigenvalue weighted by Crippen LogP contribution is -2.03. The molecule has 1 heterocycles. The van der Waals surface area contributed by atoms with Crippen molar-refractivity contribution in [2.24, 2.45) is 0 Å². The minimum atomic E-state index is 0.925. The zero-order valence-electron chi connectivity index (χ0n) is 30.8. The minimum absolute atomic E-state index is 0.925. The lowest BCUT2D eigenvalue weighted by Gasteiger charge is -2.27. The van der Waals surface area contributed by atoms with E-state index in [9.17, 15) is 0 Å². The van der Waals surface area contributed by atoms with Crippen LogP contribution < -0.4 is 0 Å². The van der Waals surface area contributed by atoms with Crippen molar-refractivity contribution in [1.82, 2.24) is 0 Å². The van der Waals surface area contributed by atoms with Gasteiger partial charge in [0.15, 0.2) is 0 Å². The van der Waals surface area contributed by atoms with Gasteiger partial charge in [-0.3, -0.25) is 0 Å². The van der Waals surface area contributed by atoms with Crippen LogP contribution in [-0.4, -0.2) is 0 Å². The van der Waals surface area contributed by atoms with Crippen molar-refractivity contribution in [3.63, 3.8) is 0 Å². The van der Waals surface area contributed by atoms with Gasteiger partial charge in [-0.15, -0.1) is 0 Å². The Balaban J connectivity index is 1.37. The van der Waals surface area contributed by atoms with Crippen molar-refractivity contribution in [2.45, 2.75) is 55.4 Å². The number of benzene rings is 8. The van der Waals surface area contributed by atoms with Gasteiger partial charge in [0, 0.05) is 10.8 Å². The Morgan fingerprint density at radius 2 is 0.804 bits per heavy atom. The Kier molecular flexibility index (Phi) is 7.03. The summed E-state index contributed by atoms with van der Waals surface area (Å²) < 4.78 is 6.24. The van der Waals surface area contributed by atoms with Gasteiger partial charge in [-0.25, -0.2) is 0 Å². The van der Waals surface area contributed by atoms with E-state index in [4.69, 9.17) is 4.42 Å². The predicted octanol–water partition coefficient (Wildman–Crippen LogP) is 14.5. The van der Waals surface area contributed by atoms with E-state index >= 15 is 0 Å². The first-order valence-electron chi connectivity index (χ1n) is 18.1. The third-order valence-electron chi connectivity index (χ3n) is 12.3. The van der Waals surface area contributed by atoms with Crippen LogP contribution in [0.25, 0.3) is 87.6 Å². The van der Waals surface area contributed by atoms with Gasteiger partial charge >= 0.3 is 0 Å². The molecule has 0 N–H and O–H groups in total. The van der Waals surface area contributed by atoms with E-state index in [-0.39, 0.29) is 0 Å². The first-order valence-corrected chi connectivity index (χ1v) is 18.1. The number of furan rings is 1. The molecular formula is C50H42O. The molecule has 1 aromatic heterocycles. The van der Waals surface area contributed by atoms with Crippen LogP contribution in [0.2, 0.25) is 0 Å². The molecule has 0 saturated carbocycles. The normalized spacial score (nSPS) is 11.9. The highest BCUT2D eigenvalue weighted by Gasteiger charge is 2.26. The Morgan fingerprint density at radius 1 is 0.333 bits per heavy atom. The average Bonchev–Trinajstić information content (AvgIpc) is 3.55. The smallest absolute Gasteiger partial charge is 0.136 e. The van der Waals surface area contributed by atoms with E-state index < -0.39 is 0 Å². The van der Waals surface area contributed by atoms with Crippen molar-refractivity contribution >= 4 is 54.3 Å². The maximum absolute atomic E-state index is 6.24. The summed E-state index contributed by atoms with van der Waals surface area (Å²) in [6.07, 6.45) is 0. The van der Waals surface area contributed by atoms with E-state index in [1.807, 2.05) is 6.07 Å². The second-order valence-electron chi connectivity index (χ2n) is 14.7. The highest BCUT2D eigenvalue weighted by atomic mass is 16.3. The number of rotatable bonds is 3. The highest BCUT2D eigenvalue weighted by molar-refractivity contribution is 6.25. The summed E-state index contributed by atoms with van der Waals surface area (Å²) in [5, 5.41) is 10.3. The van der Waals surface area contributed by atoms with E-state index in [2.05, 4.69) is 159 Å². The Bertz CT molecular complexity index is 2840. The van der Waals surface area contributed by atoms with Crippen molar-refractivity contribution in [1.29, 1.82) is 0 Å². The summed E-state index contributed by atoms with van der Waals surface area (Å²) in [7, 11) is 0. The lowest BCUT2D eigenvalue weighted by molar-refractivity contribution is 0.669. The molecule has 0 radical (unpaired) electrons. The molecule has 9 rings (SSSR count). The molecule has 0 unspecified atom stereocenters. The molecule has 0 fully saturated rings. The Hall–Kier alpha value is -5.66. The second-order valence-corrected chi connectivity index (χ2v) is 14.7. The van der Waals surface area contributed by atoms with Gasteiger partial charge in [0.1, 0.15) is 11.2 Å². The number of para-hydroxylation sites is 1. The summed E-state index contributed by atoms with van der Waals surface area (Å²) in [5.74, 6) is 0. The molecule has 1 heteroatoms. The van der Waals surface area contributed by atoms with Crippen LogP contribution in [0.4, 0.5) is 0 Å². The zero-order chi connectivity index (χ0) is 35.3. The van der Waals surface area contributed by atoms with Crippen molar-refractivity contribution < 1.29 is 4.42 Å². The van der Waals surface area contributed by atoms with Gasteiger partial charge in [0.05, 0.1) is 0 Å². The van der Waals surface area contributed by atoms with Gasteiger partial charge in [0.2, 0.25) is 0 Å². The summed E-state index contributed by atoms with van der Waals surface area (Å²) in [4.78, 5) is 0. The molecule has 8 aromatic carbocycles. The van der Waals surface area contributed by atoms with Crippen molar-refractivity contribution in [2.75, 3.05) is 0 Å². The largest absolute Gasteiger partial charge is 0.456 e. The number of hydrogen-bond acceptors (Lipinski definition) is 1. The van der Waals surface area contributed by atoms with Crippen LogP contribution in [0, 0.1) is 55.4 Å². The van der Waals surface area contributed by atoms with Gasteiger partial charge in [-0.2, -0.15) is 0 Å². The molecule has 0 amide bonds. The quantitative estimate of drug-likeness (QED) is 0.172. The monoisotopic (exact) mass is 658 g/mol. The molecule has 0 bridgehead atoms. The molecule has 0 aliphatic carbocycles. The maximum atomic E-state index is 6.24. The molecule has 0 saturated heterocycles. The second kappa shape index (κ2) is 11.4. The molecule has 248 valence electrons. The van der Waals surface area contributed by atoms with Crippen molar-refractivity contribution in [3.8, 4) is 33.4 Å². The molecule has 9 aromatic rings. The van der Waals surface area contributed by atoms with Crippen LogP contribution in [0.5, 0.6) is 0 Å². The van der Waals surface area contributed by atoms with E-state index in [0.29, 0.717) is 0 Å². The molecule has 0 aliphatic rings. The fourth-order valence-electron chi connectivity index (χ4n) is 8.89. The molecule has 0 aliphatic heterocycles. The van der Waals surface area contributed by atoms with Crippen LogP contribution >= 0.6 is 0 Å². The fourth-order valence-corrected chi connectivity index (χ4v) is 8.89. The van der Waals surface area contributed by atoms with Crippen LogP contribution in [0.15, 0.2) is 114 Å². The van der Waals surface area contributed by atoms with Crippen LogP contribution in [-0.2, 0) is 0 Å². The topological polar surface area (TPSA) is 13.1 Å².